The minimum atomic E-state index is 0.0481. The number of para-hydroxylation sites is 1. The first-order valence-corrected chi connectivity index (χ1v) is 9.00. The Morgan fingerprint density at radius 3 is 2.38 bits per heavy atom. The van der Waals surface area contributed by atoms with Gasteiger partial charge in [-0.3, -0.25) is 9.69 Å². The molecule has 122 valence electrons. The van der Waals surface area contributed by atoms with E-state index in [9.17, 15) is 4.79 Å². The van der Waals surface area contributed by atoms with Crippen molar-refractivity contribution >= 4 is 34.6 Å². The van der Waals surface area contributed by atoms with Crippen molar-refractivity contribution in [3.63, 3.8) is 0 Å². The van der Waals surface area contributed by atoms with E-state index in [-0.39, 0.29) is 5.91 Å². The smallest absolute Gasteiger partial charge is 0.266 e. The first-order valence-electron chi connectivity index (χ1n) is 8.18. The molecule has 4 heteroatoms. The molecule has 0 saturated carbocycles. The van der Waals surface area contributed by atoms with Gasteiger partial charge in [0.05, 0.1) is 10.6 Å². The number of nitrogens with zero attached hydrogens (tertiary/aromatic N) is 2. The average Bonchev–Trinajstić information content (AvgIpc) is 2.90. The maximum absolute atomic E-state index is 12.8. The van der Waals surface area contributed by atoms with Crippen molar-refractivity contribution < 1.29 is 4.79 Å². The van der Waals surface area contributed by atoms with Gasteiger partial charge in [-0.1, -0.05) is 61.9 Å². The van der Waals surface area contributed by atoms with E-state index in [0.29, 0.717) is 6.54 Å². The summed E-state index contributed by atoms with van der Waals surface area (Å²) in [7, 11) is 0. The third-order valence-corrected chi connectivity index (χ3v) is 4.71. The van der Waals surface area contributed by atoms with Crippen LogP contribution in [0.5, 0.6) is 0 Å². The molecule has 2 aromatic rings. The molecule has 3 rings (SSSR count). The number of hydrogen-bond acceptors (Lipinski definition) is 3. The molecule has 1 aliphatic heterocycles. The van der Waals surface area contributed by atoms with Crippen molar-refractivity contribution in [3.8, 4) is 0 Å². The molecule has 0 aliphatic carbocycles. The molecule has 0 bridgehead atoms. The van der Waals surface area contributed by atoms with E-state index in [1.165, 1.54) is 11.8 Å². The monoisotopic (exact) mass is 336 g/mol. The molecular weight excluding hydrogens is 316 g/mol. The summed E-state index contributed by atoms with van der Waals surface area (Å²) in [5.74, 6) is 0.0481. The quantitative estimate of drug-likeness (QED) is 0.712. The number of aliphatic imine (C=N–C) groups is 1. The first-order chi connectivity index (χ1) is 11.8. The molecule has 0 unspecified atom stereocenters. The van der Waals surface area contributed by atoms with Crippen molar-refractivity contribution in [1.82, 2.24) is 4.90 Å². The van der Waals surface area contributed by atoms with Crippen LogP contribution in [-0.2, 0) is 4.79 Å². The molecule has 0 radical (unpaired) electrons. The fraction of sp³-hybridized carbons (Fsp3) is 0.200. The van der Waals surface area contributed by atoms with Crippen LogP contribution >= 0.6 is 11.8 Å². The molecule has 24 heavy (non-hydrogen) atoms. The van der Waals surface area contributed by atoms with Gasteiger partial charge in [-0.2, -0.15) is 0 Å². The van der Waals surface area contributed by atoms with Crippen molar-refractivity contribution in [2.45, 2.75) is 19.8 Å². The summed E-state index contributed by atoms with van der Waals surface area (Å²) in [5.41, 5.74) is 1.90. The number of rotatable bonds is 5. The van der Waals surface area contributed by atoms with Crippen molar-refractivity contribution in [2.75, 3.05) is 6.54 Å². The highest BCUT2D eigenvalue weighted by molar-refractivity contribution is 8.18. The fourth-order valence-electron chi connectivity index (χ4n) is 2.42. The van der Waals surface area contributed by atoms with Gasteiger partial charge in [0.25, 0.3) is 5.91 Å². The van der Waals surface area contributed by atoms with E-state index in [1.807, 2.05) is 66.7 Å². The summed E-state index contributed by atoms with van der Waals surface area (Å²) in [5, 5.41) is 0.766. The summed E-state index contributed by atoms with van der Waals surface area (Å²) < 4.78 is 0. The van der Waals surface area contributed by atoms with Gasteiger partial charge in [-0.15, -0.1) is 0 Å². The van der Waals surface area contributed by atoms with Gasteiger partial charge in [0.15, 0.2) is 5.17 Å². The molecule has 0 N–H and O–H groups in total. The highest BCUT2D eigenvalue weighted by Gasteiger charge is 2.32. The summed E-state index contributed by atoms with van der Waals surface area (Å²) in [4.78, 5) is 20.0. The van der Waals surface area contributed by atoms with E-state index >= 15 is 0 Å². The highest BCUT2D eigenvalue weighted by atomic mass is 32.2. The molecule has 0 aromatic heterocycles. The van der Waals surface area contributed by atoms with Crippen LogP contribution in [0.3, 0.4) is 0 Å². The molecule has 0 spiro atoms. The standard InChI is InChI=1S/C20H20N2OS/c1-2-3-14-22-19(23)18(15-16-10-6-4-7-11-16)24-20(22)21-17-12-8-5-9-13-17/h4-13,15H,2-3,14H2,1H3. The Morgan fingerprint density at radius 2 is 1.71 bits per heavy atom. The minimum Gasteiger partial charge on any atom is -0.286 e. The summed E-state index contributed by atoms with van der Waals surface area (Å²) in [6, 6.07) is 19.7. The Morgan fingerprint density at radius 1 is 1.04 bits per heavy atom. The number of amidine groups is 1. The molecule has 1 saturated heterocycles. The summed E-state index contributed by atoms with van der Waals surface area (Å²) in [6.45, 7) is 2.84. The molecule has 0 atom stereocenters. The molecule has 1 amide bonds. The zero-order valence-corrected chi connectivity index (χ0v) is 14.5. The summed E-state index contributed by atoms with van der Waals surface area (Å²) >= 11 is 1.45. The van der Waals surface area contributed by atoms with Crippen LogP contribution in [0.4, 0.5) is 5.69 Å². The number of amides is 1. The van der Waals surface area contributed by atoms with E-state index in [0.717, 1.165) is 34.2 Å². The van der Waals surface area contributed by atoms with Crippen LogP contribution in [0.1, 0.15) is 25.3 Å². The lowest BCUT2D eigenvalue weighted by Gasteiger charge is -2.14. The lowest BCUT2D eigenvalue weighted by Crippen LogP contribution is -2.30. The predicted molar refractivity (Wildman–Crippen MR) is 102 cm³/mol. The zero-order valence-electron chi connectivity index (χ0n) is 13.7. The van der Waals surface area contributed by atoms with Crippen molar-refractivity contribution in [2.24, 2.45) is 4.99 Å². The molecular formula is C20H20N2OS. The van der Waals surface area contributed by atoms with Gasteiger partial charge >= 0.3 is 0 Å². The maximum Gasteiger partial charge on any atom is 0.266 e. The van der Waals surface area contributed by atoms with Crippen LogP contribution in [-0.4, -0.2) is 22.5 Å². The predicted octanol–water partition coefficient (Wildman–Crippen LogP) is 5.09. The van der Waals surface area contributed by atoms with Gasteiger partial charge in [0.2, 0.25) is 0 Å². The molecule has 1 fully saturated rings. The van der Waals surface area contributed by atoms with Crippen LogP contribution in [0.15, 0.2) is 70.6 Å². The van der Waals surface area contributed by atoms with E-state index in [2.05, 4.69) is 11.9 Å². The lowest BCUT2D eigenvalue weighted by molar-refractivity contribution is -0.122. The van der Waals surface area contributed by atoms with E-state index in [1.54, 1.807) is 4.90 Å². The Kier molecular flexibility index (Phi) is 5.49. The third kappa shape index (κ3) is 3.95. The van der Waals surface area contributed by atoms with E-state index in [4.69, 9.17) is 0 Å². The number of hydrogen-bond donors (Lipinski definition) is 0. The zero-order chi connectivity index (χ0) is 16.8. The lowest BCUT2D eigenvalue weighted by atomic mass is 10.2. The van der Waals surface area contributed by atoms with Crippen LogP contribution in [0.25, 0.3) is 6.08 Å². The van der Waals surface area contributed by atoms with E-state index < -0.39 is 0 Å². The first kappa shape index (κ1) is 16.5. The second-order valence-electron chi connectivity index (χ2n) is 5.56. The summed E-state index contributed by atoms with van der Waals surface area (Å²) in [6.07, 6.45) is 3.96. The van der Waals surface area contributed by atoms with Gasteiger partial charge in [-0.25, -0.2) is 4.99 Å². The molecule has 1 aliphatic rings. The number of carbonyl (C=O) groups is 1. The molecule has 2 aromatic carbocycles. The second-order valence-corrected chi connectivity index (χ2v) is 6.57. The Balaban J connectivity index is 1.91. The highest BCUT2D eigenvalue weighted by Crippen LogP contribution is 2.34. The number of thioether (sulfide) groups is 1. The molecule has 1 heterocycles. The fourth-order valence-corrected chi connectivity index (χ4v) is 3.44. The van der Waals surface area contributed by atoms with Gasteiger partial charge in [0, 0.05) is 6.54 Å². The maximum atomic E-state index is 12.8. The topological polar surface area (TPSA) is 32.7 Å². The van der Waals surface area contributed by atoms with Gasteiger partial charge in [-0.05, 0) is 42.0 Å². The Hall–Kier alpha value is -2.33. The SMILES string of the molecule is CCCCN1C(=O)C(=Cc2ccccc2)SC1=Nc1ccccc1. The number of carbonyl (C=O) groups excluding carboxylic acids is 1. The molecule has 3 nitrogen and oxygen atoms in total. The van der Waals surface area contributed by atoms with Crippen LogP contribution in [0, 0.1) is 0 Å². The van der Waals surface area contributed by atoms with Crippen molar-refractivity contribution in [1.29, 1.82) is 0 Å². The number of unbranched alkanes of at least 4 members (excludes halogenated alkanes) is 1. The van der Waals surface area contributed by atoms with Gasteiger partial charge < -0.3 is 0 Å². The average molecular weight is 336 g/mol. The number of benzene rings is 2. The van der Waals surface area contributed by atoms with Gasteiger partial charge in [0.1, 0.15) is 0 Å². The minimum absolute atomic E-state index is 0.0481. The van der Waals surface area contributed by atoms with Crippen LogP contribution < -0.4 is 0 Å². The Bertz CT molecular complexity index is 754. The largest absolute Gasteiger partial charge is 0.286 e. The van der Waals surface area contributed by atoms with Crippen LogP contribution in [0.2, 0.25) is 0 Å². The second kappa shape index (κ2) is 7.97. The van der Waals surface area contributed by atoms with Crippen molar-refractivity contribution in [3.05, 3.63) is 71.1 Å². The normalized spacial score (nSPS) is 17.9. The third-order valence-electron chi connectivity index (χ3n) is 3.70. The Labute approximate surface area is 147 Å².